The standard InChI is InChI=1S/C19H30N4O3S/c1-18(2,3)13-8-10-14(11-9-13)27(25,26)23-16(24)15(19(23,4)5)7-6-12-22-17(20)21/h8-11,15H,6-7,12H2,1-5H3,(H4,20,21,22)/t15-/m0/s1. The van der Waals surface area contributed by atoms with E-state index in [1.165, 1.54) is 0 Å². The minimum atomic E-state index is -3.88. The van der Waals surface area contributed by atoms with Gasteiger partial charge in [0, 0.05) is 6.54 Å². The van der Waals surface area contributed by atoms with Gasteiger partial charge in [-0.15, -0.1) is 0 Å². The fraction of sp³-hybridized carbons (Fsp3) is 0.579. The number of benzene rings is 1. The van der Waals surface area contributed by atoms with Crippen LogP contribution in [0.4, 0.5) is 0 Å². The van der Waals surface area contributed by atoms with E-state index in [2.05, 4.69) is 25.8 Å². The average molecular weight is 395 g/mol. The van der Waals surface area contributed by atoms with E-state index in [0.717, 1.165) is 9.87 Å². The van der Waals surface area contributed by atoms with Crippen molar-refractivity contribution in [3.05, 3.63) is 29.8 Å². The summed E-state index contributed by atoms with van der Waals surface area (Å²) in [5, 5.41) is 0. The monoisotopic (exact) mass is 394 g/mol. The summed E-state index contributed by atoms with van der Waals surface area (Å²) in [4.78, 5) is 16.6. The second-order valence-corrected chi connectivity index (χ2v) is 10.3. The van der Waals surface area contributed by atoms with Crippen molar-refractivity contribution in [3.63, 3.8) is 0 Å². The van der Waals surface area contributed by atoms with E-state index in [-0.39, 0.29) is 28.1 Å². The molecule has 0 aromatic heterocycles. The minimum Gasteiger partial charge on any atom is -0.370 e. The van der Waals surface area contributed by atoms with Gasteiger partial charge in [-0.2, -0.15) is 0 Å². The number of carbonyl (C=O) groups is 1. The molecular formula is C19H30N4O3S. The number of β-lactam (4-membered cyclic amide) rings is 1. The highest BCUT2D eigenvalue weighted by Crippen LogP contribution is 2.44. The van der Waals surface area contributed by atoms with Crippen LogP contribution in [0, 0.1) is 5.92 Å². The summed E-state index contributed by atoms with van der Waals surface area (Å²) >= 11 is 0. The molecule has 1 amide bonds. The van der Waals surface area contributed by atoms with Gasteiger partial charge in [-0.05, 0) is 49.8 Å². The lowest BCUT2D eigenvalue weighted by Crippen LogP contribution is -2.69. The molecule has 1 aromatic rings. The molecule has 0 radical (unpaired) electrons. The highest BCUT2D eigenvalue weighted by atomic mass is 32.2. The van der Waals surface area contributed by atoms with E-state index in [1.54, 1.807) is 38.1 Å². The first-order chi connectivity index (χ1) is 12.3. The quantitative estimate of drug-likeness (QED) is 0.331. The van der Waals surface area contributed by atoms with Crippen molar-refractivity contribution in [2.45, 2.75) is 63.3 Å². The van der Waals surface area contributed by atoms with E-state index in [0.29, 0.717) is 19.4 Å². The first-order valence-electron chi connectivity index (χ1n) is 9.05. The molecular weight excluding hydrogens is 364 g/mol. The SMILES string of the molecule is CC(C)(C)c1ccc(S(=O)(=O)N2C(=O)[C@H](CCCN=C(N)N)C2(C)C)cc1. The number of amides is 1. The van der Waals surface area contributed by atoms with Crippen molar-refractivity contribution in [1.82, 2.24) is 4.31 Å². The van der Waals surface area contributed by atoms with E-state index in [9.17, 15) is 13.2 Å². The molecule has 1 aliphatic rings. The predicted octanol–water partition coefficient (Wildman–Crippen LogP) is 1.96. The van der Waals surface area contributed by atoms with Gasteiger partial charge in [0.05, 0.1) is 16.4 Å². The Hall–Kier alpha value is -2.09. The smallest absolute Gasteiger partial charge is 0.267 e. The van der Waals surface area contributed by atoms with Gasteiger partial charge >= 0.3 is 0 Å². The van der Waals surface area contributed by atoms with Crippen molar-refractivity contribution in [2.75, 3.05) is 6.54 Å². The third-order valence-corrected chi connectivity index (χ3v) is 7.08. The van der Waals surface area contributed by atoms with Crippen LogP contribution in [0.25, 0.3) is 0 Å². The summed E-state index contributed by atoms with van der Waals surface area (Å²) in [5.41, 5.74) is 10.8. The maximum Gasteiger partial charge on any atom is 0.267 e. The first-order valence-corrected chi connectivity index (χ1v) is 10.5. The molecule has 7 nitrogen and oxygen atoms in total. The molecule has 4 N–H and O–H groups in total. The molecule has 0 saturated carbocycles. The van der Waals surface area contributed by atoms with Crippen LogP contribution in [-0.4, -0.2) is 36.7 Å². The number of aliphatic imine (C=N–C) groups is 1. The second-order valence-electron chi connectivity index (χ2n) is 8.54. The normalized spacial score (nSPS) is 19.5. The van der Waals surface area contributed by atoms with Gasteiger partial charge in [-0.3, -0.25) is 9.79 Å². The van der Waals surface area contributed by atoms with Crippen LogP contribution in [0.1, 0.15) is 53.0 Å². The van der Waals surface area contributed by atoms with Crippen LogP contribution in [0.5, 0.6) is 0 Å². The topological polar surface area (TPSA) is 119 Å². The molecule has 150 valence electrons. The summed E-state index contributed by atoms with van der Waals surface area (Å²) in [6, 6.07) is 6.75. The molecule has 0 aliphatic carbocycles. The zero-order valence-corrected chi connectivity index (χ0v) is 17.5. The third-order valence-electron chi connectivity index (χ3n) is 5.08. The molecule has 1 atom stereocenters. The maximum atomic E-state index is 13.0. The van der Waals surface area contributed by atoms with Crippen molar-refractivity contribution >= 4 is 21.9 Å². The van der Waals surface area contributed by atoms with Gasteiger partial charge in [0.15, 0.2) is 5.96 Å². The average Bonchev–Trinajstić information content (AvgIpc) is 2.52. The Bertz CT molecular complexity index is 833. The number of rotatable bonds is 6. The van der Waals surface area contributed by atoms with Crippen molar-refractivity contribution in [1.29, 1.82) is 0 Å². The van der Waals surface area contributed by atoms with Crippen molar-refractivity contribution in [3.8, 4) is 0 Å². The Balaban J connectivity index is 2.17. The fourth-order valence-corrected chi connectivity index (χ4v) is 5.25. The van der Waals surface area contributed by atoms with Crippen molar-refractivity contribution in [2.24, 2.45) is 22.4 Å². The summed E-state index contributed by atoms with van der Waals surface area (Å²) in [6.45, 7) is 10.2. The van der Waals surface area contributed by atoms with Crippen LogP contribution in [0.15, 0.2) is 34.2 Å². The lowest BCUT2D eigenvalue weighted by atomic mass is 9.76. The van der Waals surface area contributed by atoms with Crippen LogP contribution in [-0.2, 0) is 20.2 Å². The molecule has 1 heterocycles. The number of nitrogens with zero attached hydrogens (tertiary/aromatic N) is 2. The molecule has 1 aliphatic heterocycles. The fourth-order valence-electron chi connectivity index (χ4n) is 3.44. The van der Waals surface area contributed by atoms with Gasteiger partial charge < -0.3 is 11.5 Å². The Labute approximate surface area is 161 Å². The predicted molar refractivity (Wildman–Crippen MR) is 107 cm³/mol. The summed E-state index contributed by atoms with van der Waals surface area (Å²) in [5.74, 6) is -0.725. The molecule has 1 fully saturated rings. The molecule has 8 heteroatoms. The van der Waals surface area contributed by atoms with E-state index in [1.807, 2.05) is 0 Å². The van der Waals surface area contributed by atoms with E-state index >= 15 is 0 Å². The molecule has 1 aromatic carbocycles. The summed E-state index contributed by atoms with van der Waals surface area (Å²) in [6.07, 6.45) is 1.16. The lowest BCUT2D eigenvalue weighted by molar-refractivity contribution is -0.154. The van der Waals surface area contributed by atoms with Crippen LogP contribution < -0.4 is 11.5 Å². The van der Waals surface area contributed by atoms with Gasteiger partial charge in [0.2, 0.25) is 5.91 Å². The number of nitrogens with two attached hydrogens (primary N) is 2. The zero-order chi connectivity index (χ0) is 20.6. The number of sulfonamides is 1. The molecule has 0 spiro atoms. The first kappa shape index (κ1) is 21.2. The van der Waals surface area contributed by atoms with Gasteiger partial charge in [-0.25, -0.2) is 12.7 Å². The number of hydrogen-bond donors (Lipinski definition) is 2. The number of hydrogen-bond acceptors (Lipinski definition) is 4. The van der Waals surface area contributed by atoms with Crippen LogP contribution in [0.3, 0.4) is 0 Å². The Morgan fingerprint density at radius 1 is 1.19 bits per heavy atom. The maximum absolute atomic E-state index is 13.0. The zero-order valence-electron chi connectivity index (χ0n) is 16.7. The number of carbonyl (C=O) groups excluding carboxylic acids is 1. The molecule has 2 rings (SSSR count). The third kappa shape index (κ3) is 4.10. The van der Waals surface area contributed by atoms with Crippen LogP contribution in [0.2, 0.25) is 0 Å². The Kier molecular flexibility index (Phi) is 5.61. The molecule has 0 unspecified atom stereocenters. The van der Waals surface area contributed by atoms with E-state index < -0.39 is 15.6 Å². The molecule has 27 heavy (non-hydrogen) atoms. The second kappa shape index (κ2) is 7.14. The Morgan fingerprint density at radius 2 is 1.74 bits per heavy atom. The van der Waals surface area contributed by atoms with E-state index in [4.69, 9.17) is 11.5 Å². The van der Waals surface area contributed by atoms with Gasteiger partial charge in [0.1, 0.15) is 0 Å². The largest absolute Gasteiger partial charge is 0.370 e. The molecule has 1 saturated heterocycles. The van der Waals surface area contributed by atoms with Crippen molar-refractivity contribution < 1.29 is 13.2 Å². The highest BCUT2D eigenvalue weighted by molar-refractivity contribution is 7.89. The number of guanidine groups is 1. The highest BCUT2D eigenvalue weighted by Gasteiger charge is 2.58. The molecule has 0 bridgehead atoms. The summed E-state index contributed by atoms with van der Waals surface area (Å²) < 4.78 is 27.0. The van der Waals surface area contributed by atoms with Crippen LogP contribution >= 0.6 is 0 Å². The Morgan fingerprint density at radius 3 is 2.19 bits per heavy atom. The minimum absolute atomic E-state index is 0.0112. The summed E-state index contributed by atoms with van der Waals surface area (Å²) in [7, 11) is -3.88. The van der Waals surface area contributed by atoms with Gasteiger partial charge in [0.25, 0.3) is 10.0 Å². The lowest BCUT2D eigenvalue weighted by Gasteiger charge is -2.52. The van der Waals surface area contributed by atoms with Gasteiger partial charge in [-0.1, -0.05) is 32.9 Å².